The minimum absolute atomic E-state index is 0.112. The zero-order valence-electron chi connectivity index (χ0n) is 11.9. The molecule has 1 aliphatic heterocycles. The largest absolute Gasteiger partial charge is 0.312 e. The van der Waals surface area contributed by atoms with Crippen molar-refractivity contribution in [1.82, 2.24) is 10.2 Å². The van der Waals surface area contributed by atoms with E-state index in [1.54, 1.807) is 6.07 Å². The zero-order chi connectivity index (χ0) is 13.5. The van der Waals surface area contributed by atoms with Crippen LogP contribution in [-0.4, -0.2) is 31.1 Å². The molecule has 0 saturated carbocycles. The molecular formula is C16H25FN2. The van der Waals surface area contributed by atoms with Gasteiger partial charge >= 0.3 is 0 Å². The molecule has 1 N–H and O–H groups in total. The van der Waals surface area contributed by atoms with E-state index in [0.29, 0.717) is 12.5 Å². The number of hydrogen-bond donors (Lipinski definition) is 1. The Hall–Kier alpha value is -0.930. The molecule has 2 nitrogen and oxygen atoms in total. The van der Waals surface area contributed by atoms with E-state index in [-0.39, 0.29) is 5.82 Å². The van der Waals surface area contributed by atoms with Crippen LogP contribution in [0.2, 0.25) is 0 Å². The van der Waals surface area contributed by atoms with Crippen molar-refractivity contribution in [2.24, 2.45) is 5.92 Å². The van der Waals surface area contributed by atoms with Gasteiger partial charge in [0.25, 0.3) is 0 Å². The lowest BCUT2D eigenvalue weighted by Crippen LogP contribution is -2.36. The lowest BCUT2D eigenvalue weighted by molar-refractivity contribution is 0.199. The van der Waals surface area contributed by atoms with E-state index in [2.05, 4.69) is 17.1 Å². The number of piperidine rings is 1. The minimum atomic E-state index is -0.112. The van der Waals surface area contributed by atoms with Gasteiger partial charge in [-0.05, 0) is 44.5 Å². The molecule has 1 saturated heterocycles. The van der Waals surface area contributed by atoms with Gasteiger partial charge in [-0.1, -0.05) is 31.5 Å². The summed E-state index contributed by atoms with van der Waals surface area (Å²) in [7, 11) is 0. The summed E-state index contributed by atoms with van der Waals surface area (Å²) in [6.45, 7) is 7.49. The van der Waals surface area contributed by atoms with Crippen molar-refractivity contribution >= 4 is 0 Å². The minimum Gasteiger partial charge on any atom is -0.312 e. The molecule has 1 atom stereocenters. The standard InChI is InChI=1S/C16H25FN2/c1-14(13-19-9-5-2-6-10-19)11-18-12-15-7-3-4-8-16(15)17/h3-4,7-8,14,18H,2,5-6,9-13H2,1H3. The highest BCUT2D eigenvalue weighted by Crippen LogP contribution is 2.11. The number of nitrogens with one attached hydrogen (secondary N) is 1. The maximum atomic E-state index is 13.4. The average Bonchev–Trinajstić information content (AvgIpc) is 2.42. The topological polar surface area (TPSA) is 15.3 Å². The number of nitrogens with zero attached hydrogens (tertiary/aromatic N) is 1. The van der Waals surface area contributed by atoms with Crippen LogP contribution in [0.5, 0.6) is 0 Å². The first kappa shape index (κ1) is 14.5. The third-order valence-corrected chi connectivity index (χ3v) is 3.78. The normalized spacial score (nSPS) is 18.4. The Labute approximate surface area is 116 Å². The quantitative estimate of drug-likeness (QED) is 0.849. The summed E-state index contributed by atoms with van der Waals surface area (Å²) in [6, 6.07) is 6.99. The molecule has 0 radical (unpaired) electrons. The average molecular weight is 264 g/mol. The molecule has 1 aromatic rings. The van der Waals surface area contributed by atoms with Gasteiger partial charge in [0.1, 0.15) is 5.82 Å². The second-order valence-corrected chi connectivity index (χ2v) is 5.69. The fourth-order valence-corrected chi connectivity index (χ4v) is 2.74. The van der Waals surface area contributed by atoms with Gasteiger partial charge in [-0.2, -0.15) is 0 Å². The summed E-state index contributed by atoms with van der Waals surface area (Å²) < 4.78 is 13.4. The second-order valence-electron chi connectivity index (χ2n) is 5.69. The molecule has 3 heteroatoms. The van der Waals surface area contributed by atoms with Gasteiger partial charge < -0.3 is 10.2 Å². The van der Waals surface area contributed by atoms with Gasteiger partial charge in [0, 0.05) is 18.7 Å². The van der Waals surface area contributed by atoms with Crippen LogP contribution < -0.4 is 5.32 Å². The molecule has 1 aromatic carbocycles. The highest BCUT2D eigenvalue weighted by Gasteiger charge is 2.13. The summed E-state index contributed by atoms with van der Waals surface area (Å²) in [6.07, 6.45) is 4.07. The van der Waals surface area contributed by atoms with E-state index in [1.807, 2.05) is 12.1 Å². The van der Waals surface area contributed by atoms with E-state index in [4.69, 9.17) is 0 Å². The molecule has 106 valence electrons. The predicted octanol–water partition coefficient (Wildman–Crippen LogP) is 3.04. The monoisotopic (exact) mass is 264 g/mol. The summed E-state index contributed by atoms with van der Waals surface area (Å²) in [5, 5.41) is 3.37. The summed E-state index contributed by atoms with van der Waals surface area (Å²) in [4.78, 5) is 2.55. The Morgan fingerprint density at radius 2 is 1.95 bits per heavy atom. The maximum Gasteiger partial charge on any atom is 0.127 e. The van der Waals surface area contributed by atoms with Crippen molar-refractivity contribution in [1.29, 1.82) is 0 Å². The van der Waals surface area contributed by atoms with Crippen molar-refractivity contribution in [2.75, 3.05) is 26.2 Å². The van der Waals surface area contributed by atoms with Gasteiger partial charge in [-0.25, -0.2) is 4.39 Å². The lowest BCUT2D eigenvalue weighted by Gasteiger charge is -2.29. The van der Waals surface area contributed by atoms with Crippen LogP contribution in [0.1, 0.15) is 31.7 Å². The third-order valence-electron chi connectivity index (χ3n) is 3.78. The van der Waals surface area contributed by atoms with Gasteiger partial charge in [-0.15, -0.1) is 0 Å². The molecule has 1 aliphatic rings. The molecule has 1 unspecified atom stereocenters. The molecule has 1 heterocycles. The van der Waals surface area contributed by atoms with Gasteiger partial charge in [0.2, 0.25) is 0 Å². The number of hydrogen-bond acceptors (Lipinski definition) is 2. The van der Waals surface area contributed by atoms with Gasteiger partial charge in [0.15, 0.2) is 0 Å². The molecule has 2 rings (SSSR count). The van der Waals surface area contributed by atoms with Gasteiger partial charge in [0.05, 0.1) is 0 Å². The smallest absolute Gasteiger partial charge is 0.127 e. The number of likely N-dealkylation sites (tertiary alicyclic amines) is 1. The van der Waals surface area contributed by atoms with E-state index in [1.165, 1.54) is 38.4 Å². The third kappa shape index (κ3) is 4.92. The first-order valence-corrected chi connectivity index (χ1v) is 7.42. The van der Waals surface area contributed by atoms with E-state index < -0.39 is 0 Å². The lowest BCUT2D eigenvalue weighted by atomic mass is 10.1. The summed E-state index contributed by atoms with van der Waals surface area (Å²) >= 11 is 0. The highest BCUT2D eigenvalue weighted by atomic mass is 19.1. The van der Waals surface area contributed by atoms with E-state index >= 15 is 0 Å². The Morgan fingerprint density at radius 3 is 2.68 bits per heavy atom. The molecule has 0 amide bonds. The molecule has 0 bridgehead atoms. The molecule has 19 heavy (non-hydrogen) atoms. The maximum absolute atomic E-state index is 13.4. The molecule has 0 spiro atoms. The van der Waals surface area contributed by atoms with Crippen LogP contribution in [0.3, 0.4) is 0 Å². The van der Waals surface area contributed by atoms with Crippen molar-refractivity contribution in [3.05, 3.63) is 35.6 Å². The van der Waals surface area contributed by atoms with E-state index in [0.717, 1.165) is 18.7 Å². The zero-order valence-corrected chi connectivity index (χ0v) is 11.9. The summed E-state index contributed by atoms with van der Waals surface area (Å²) in [5.74, 6) is 0.503. The first-order chi connectivity index (χ1) is 9.25. The molecule has 1 fully saturated rings. The fourth-order valence-electron chi connectivity index (χ4n) is 2.74. The Bertz CT molecular complexity index is 375. The Morgan fingerprint density at radius 1 is 1.21 bits per heavy atom. The predicted molar refractivity (Wildman–Crippen MR) is 77.6 cm³/mol. The van der Waals surface area contributed by atoms with Crippen LogP contribution in [0.15, 0.2) is 24.3 Å². The Balaban J connectivity index is 1.66. The van der Waals surface area contributed by atoms with Crippen LogP contribution in [0.4, 0.5) is 4.39 Å². The molecular weight excluding hydrogens is 239 g/mol. The van der Waals surface area contributed by atoms with Crippen LogP contribution in [-0.2, 0) is 6.54 Å². The van der Waals surface area contributed by atoms with Crippen molar-refractivity contribution in [3.63, 3.8) is 0 Å². The number of rotatable bonds is 6. The van der Waals surface area contributed by atoms with Gasteiger partial charge in [-0.3, -0.25) is 0 Å². The van der Waals surface area contributed by atoms with Crippen molar-refractivity contribution in [2.45, 2.75) is 32.7 Å². The highest BCUT2D eigenvalue weighted by molar-refractivity contribution is 5.16. The summed E-state index contributed by atoms with van der Waals surface area (Å²) in [5.41, 5.74) is 0.757. The SMILES string of the molecule is CC(CNCc1ccccc1F)CN1CCCCC1. The van der Waals surface area contributed by atoms with Crippen LogP contribution >= 0.6 is 0 Å². The van der Waals surface area contributed by atoms with E-state index in [9.17, 15) is 4.39 Å². The second kappa shape index (κ2) is 7.61. The molecule has 0 aromatic heterocycles. The van der Waals surface area contributed by atoms with Crippen LogP contribution in [0, 0.1) is 11.7 Å². The van der Waals surface area contributed by atoms with Crippen LogP contribution in [0.25, 0.3) is 0 Å². The first-order valence-electron chi connectivity index (χ1n) is 7.42. The van der Waals surface area contributed by atoms with Crippen molar-refractivity contribution < 1.29 is 4.39 Å². The number of halogens is 1. The van der Waals surface area contributed by atoms with Crippen molar-refractivity contribution in [3.8, 4) is 0 Å². The fraction of sp³-hybridized carbons (Fsp3) is 0.625. The number of benzene rings is 1. The molecule has 0 aliphatic carbocycles. The Kier molecular flexibility index (Phi) is 5.80.